The monoisotopic (exact) mass is 2050 g/mol. The highest BCUT2D eigenvalue weighted by Gasteiger charge is 2.42. The van der Waals surface area contributed by atoms with Crippen molar-refractivity contribution in [1.29, 1.82) is 21.6 Å². The number of carboxylic acid groups (broad SMARTS) is 1. The maximum Gasteiger partial charge on any atom is 0.303 e. The number of nitrogens with two attached hydrogens (primary N) is 4. The molecule has 4 fully saturated rings. The molecule has 0 saturated carbocycles. The van der Waals surface area contributed by atoms with E-state index in [1.165, 1.54) is 6.92 Å². The van der Waals surface area contributed by atoms with E-state index in [4.69, 9.17) is 44.6 Å². The minimum atomic E-state index is -2.01. The van der Waals surface area contributed by atoms with Gasteiger partial charge in [-0.2, -0.15) is 0 Å². The summed E-state index contributed by atoms with van der Waals surface area (Å²) in [7, 11) is 4.74. The van der Waals surface area contributed by atoms with Gasteiger partial charge in [-0.3, -0.25) is 113 Å². The molecule has 138 heavy (non-hydrogen) atoms. The summed E-state index contributed by atoms with van der Waals surface area (Å²) in [4.78, 5) is 282. The molecule has 1 aromatic carbocycles. The van der Waals surface area contributed by atoms with Gasteiger partial charge in [-0.15, -0.1) is 0 Å². The molecule has 768 valence electrons. The molecule has 51 nitrogen and oxygen atoms in total. The van der Waals surface area contributed by atoms with Gasteiger partial charge in [-0.05, 0) is 94.4 Å². The number of carbonyl (C=O) groups excluding carboxylic acids is 18. The second kappa shape index (κ2) is 60.9. The van der Waals surface area contributed by atoms with E-state index in [-0.39, 0.29) is 96.8 Å². The fourth-order valence-electron chi connectivity index (χ4n) is 13.7. The van der Waals surface area contributed by atoms with Gasteiger partial charge >= 0.3 is 5.97 Å². The summed E-state index contributed by atoms with van der Waals surface area (Å²) in [5.41, 5.74) is 22.9. The van der Waals surface area contributed by atoms with Crippen LogP contribution in [0.2, 0.25) is 0 Å². The third kappa shape index (κ3) is 42.7. The van der Waals surface area contributed by atoms with Crippen LogP contribution < -0.4 is 140 Å². The second-order valence-electron chi connectivity index (χ2n) is 33.6. The van der Waals surface area contributed by atoms with Gasteiger partial charge in [-0.1, -0.05) is 143 Å². The van der Waals surface area contributed by atoms with E-state index >= 15 is 52.7 Å². The topological polar surface area (TPSA) is 829 Å². The van der Waals surface area contributed by atoms with Gasteiger partial charge in [0, 0.05) is 73.5 Å². The lowest BCUT2D eigenvalue weighted by molar-refractivity contribution is -0.139. The fraction of sp³-hybridized carbons (Fsp3) is 0.642. The number of rotatable bonds is 27. The van der Waals surface area contributed by atoms with Crippen LogP contribution in [0.25, 0.3) is 0 Å². The highest BCUT2D eigenvalue weighted by Crippen LogP contribution is 2.28. The van der Waals surface area contributed by atoms with Gasteiger partial charge in [0.15, 0.2) is 23.8 Å². The molecule has 4 heterocycles. The number of hydrogen-bond donors (Lipinski definition) is 32. The van der Waals surface area contributed by atoms with Crippen LogP contribution in [-0.4, -0.2) is 323 Å². The number of aliphatic hydroxyl groups is 1. The largest absolute Gasteiger partial charge is 0.481 e. The van der Waals surface area contributed by atoms with Crippen molar-refractivity contribution in [2.45, 2.75) is 235 Å². The first kappa shape index (κ1) is 117. The van der Waals surface area contributed by atoms with Gasteiger partial charge in [0.05, 0.1) is 19.2 Å². The molecule has 4 aliphatic heterocycles. The van der Waals surface area contributed by atoms with Crippen LogP contribution in [0, 0.1) is 39.4 Å². The summed E-state index contributed by atoms with van der Waals surface area (Å²) in [6.07, 6.45) is -4.93. The first-order valence-electron chi connectivity index (χ1n) is 44.7. The average Bonchev–Trinajstić information content (AvgIpc) is 0.848. The van der Waals surface area contributed by atoms with Gasteiger partial charge in [0.25, 0.3) is 0 Å². The summed E-state index contributed by atoms with van der Waals surface area (Å²) >= 11 is 0. The number of aliphatic carboxylic acids is 1. The van der Waals surface area contributed by atoms with Crippen molar-refractivity contribution in [3.05, 3.63) is 35.9 Å². The summed E-state index contributed by atoms with van der Waals surface area (Å²) in [5, 5.41) is 109. The Bertz CT molecular complexity index is 4440. The molecule has 0 spiro atoms. The molecular weight excluding hydrogens is 1920 g/mol. The van der Waals surface area contributed by atoms with Gasteiger partial charge in [-0.25, -0.2) is 0 Å². The maximum absolute atomic E-state index is 15.7. The van der Waals surface area contributed by atoms with Crippen molar-refractivity contribution < 1.29 is 101 Å². The molecule has 6 bridgehead atoms. The summed E-state index contributed by atoms with van der Waals surface area (Å²) in [6.45, 7) is 8.65. The lowest BCUT2D eigenvalue weighted by Crippen LogP contribution is -2.63. The van der Waals surface area contributed by atoms with Crippen LogP contribution in [0.3, 0.4) is 0 Å². The van der Waals surface area contributed by atoms with E-state index in [1.807, 2.05) is 0 Å². The first-order chi connectivity index (χ1) is 65.3. The van der Waals surface area contributed by atoms with Gasteiger partial charge in [0.2, 0.25) is 106 Å². The minimum absolute atomic E-state index is 0.00370. The summed E-state index contributed by atoms with van der Waals surface area (Å²) in [6, 6.07) is -19.5. The van der Waals surface area contributed by atoms with Crippen LogP contribution >= 0.6 is 64.8 Å². The highest BCUT2D eigenvalue weighted by atomic mass is 33.1. The van der Waals surface area contributed by atoms with Crippen molar-refractivity contribution in [2.75, 3.05) is 73.8 Å². The molecule has 1 aromatic rings. The lowest BCUT2D eigenvalue weighted by atomic mass is 9.97. The molecule has 18 amide bonds. The molecule has 0 unspecified atom stereocenters. The van der Waals surface area contributed by atoms with Crippen molar-refractivity contribution in [3.63, 3.8) is 0 Å². The van der Waals surface area contributed by atoms with Crippen molar-refractivity contribution in [3.8, 4) is 0 Å². The molecule has 36 N–H and O–H groups in total. The fourth-order valence-corrected chi connectivity index (χ4v) is 20.7. The first-order valence-corrected chi connectivity index (χ1v) is 52.2. The SMILES string of the molecule is CC[C@H](C)[C@@H]1NC(=O)[C@@H]2CSSC[C@H](NC(=O)[C@H](CCCNC(=N)N)NC(=O)[C@@H]3CSSC[C@H](NC1=O)C(=O)N[C@@H]([C@@H](C)O)C(=O)N[C@@H](CCC(=O)O)C(=O)NCC(=O)N[C@@H](Cc1ccccc1)C(=O)N3)C(=O)N[C@@H](CC(C)C)C(=O)N[C@H]1CSSC[C@H](NC(=O)[C@H](C(C)C)NC(=O)CNC(=O)[C@H](CCCNC(=N)N)NC(=O)[C@H](CCCNC(=N)N)NC1=O)C(=O)N[C@@H](CCCNC(=N)N)C(=O)N2. The average molecular weight is 2050 g/mol. The predicted molar refractivity (Wildman–Crippen MR) is 521 cm³/mol. The van der Waals surface area contributed by atoms with Crippen LogP contribution in [0.1, 0.15) is 131 Å². The Kier molecular flexibility index (Phi) is 51.5. The molecule has 4 saturated heterocycles. The Balaban J connectivity index is 1.86. The van der Waals surface area contributed by atoms with Crippen molar-refractivity contribution in [1.82, 2.24) is 117 Å². The van der Waals surface area contributed by atoms with Crippen LogP contribution in [-0.2, 0) is 97.5 Å². The number of carboxylic acids is 1. The number of hydrogen-bond acceptors (Lipinski definition) is 30. The quantitative estimate of drug-likeness (QED) is 0.0168. The Hall–Kier alpha value is -11.7. The molecule has 0 radical (unpaired) electrons. The number of amides is 18. The number of guanidine groups is 4. The molecule has 4 aliphatic rings. The normalized spacial score (nSPS) is 26.3. The Morgan fingerprint density at radius 3 is 1.00 bits per heavy atom. The summed E-state index contributed by atoms with van der Waals surface area (Å²) in [5.74, 6) is -28.1. The molecule has 57 heteroatoms. The molecular formula is C81H132N30O21S6. The van der Waals surface area contributed by atoms with Crippen molar-refractivity contribution in [2.24, 2.45) is 40.7 Å². The zero-order valence-electron chi connectivity index (χ0n) is 77.5. The van der Waals surface area contributed by atoms with Crippen LogP contribution in [0.15, 0.2) is 30.3 Å². The molecule has 0 aliphatic carbocycles. The van der Waals surface area contributed by atoms with Gasteiger partial charge in [0.1, 0.15) is 96.7 Å². The van der Waals surface area contributed by atoms with E-state index in [0.29, 0.717) is 5.56 Å². The summed E-state index contributed by atoms with van der Waals surface area (Å²) < 4.78 is 0. The maximum atomic E-state index is 15.7. The van der Waals surface area contributed by atoms with E-state index in [2.05, 4.69) is 117 Å². The Labute approximate surface area is 821 Å². The third-order valence-electron chi connectivity index (χ3n) is 21.5. The Morgan fingerprint density at radius 2 is 0.652 bits per heavy atom. The van der Waals surface area contributed by atoms with E-state index in [0.717, 1.165) is 71.7 Å². The number of nitrogens with one attached hydrogen (secondary N) is 26. The van der Waals surface area contributed by atoms with E-state index in [1.54, 1.807) is 65.0 Å². The highest BCUT2D eigenvalue weighted by molar-refractivity contribution is 8.77. The van der Waals surface area contributed by atoms with E-state index in [9.17, 15) is 48.6 Å². The number of benzene rings is 1. The van der Waals surface area contributed by atoms with Gasteiger partial charge < -0.3 is 150 Å². The number of carbonyl (C=O) groups is 19. The van der Waals surface area contributed by atoms with Crippen LogP contribution in [0.4, 0.5) is 0 Å². The number of fused-ring (bicyclic) bond motifs is 15. The molecule has 5 rings (SSSR count). The lowest BCUT2D eigenvalue weighted by Gasteiger charge is -2.30. The smallest absolute Gasteiger partial charge is 0.303 e. The third-order valence-corrected chi connectivity index (χ3v) is 28.7. The standard InChI is InChI=1S/C81H132N30O21S6/c1-8-40(6)60-76(131)108-55-37-138-134-33-51(106-68(123)49(29-42-16-10-9-11-17-42)96-56(113)30-94-63(118)47(22-23-58(115)116)101-77(132)61(41(7)112)111-74(55)129)70(125)99-45(20-14-26-92-80(86)87)65(120)103-52-34-135-137-36-54(73(128)110-60)104-66(121)46(21-15-27-93-81(88)89)100-71(126)53-35-136-133-32-50(105-67(122)48(28-38(2)3)102-72(52)127)69(124)98-44(19-13-25-91-79(84)85)64(119)97-43(18-12-24-90-78(82)83)62(117)95-31-57(114)109-59(39(4)5)75(130)107-53/h9-11,16-17,38-41,43-55,59-61,112H,8,12-15,18-37H2,1-7H3,(H,94,118)(H,95,117)(H,96,113)(H,97,119)(H,98,124)(H,99,125)(H,100,126)(H,101,132)(H,102,127)(H,103,120)(H,104,121)(H,105,122)(H,106,123)(H,107,130)(H,108,131)(H,109,114)(H,110,128)(H,111,129)(H,115,116)(H4,82,83,90)(H4,84,85,91)(H4,86,87,92)(H4,88,89,93)/t40-,41+,43-,44-,45-,46-,47-,48-,49-,50-,51-,52-,53-,54-,55-,59-,60-,61-/m0/s1. The minimum Gasteiger partial charge on any atom is -0.481 e. The van der Waals surface area contributed by atoms with Crippen molar-refractivity contribution >= 4 is 201 Å². The number of aliphatic hydroxyl groups excluding tert-OH is 1. The second-order valence-corrected chi connectivity index (χ2v) is 41.2. The molecule has 18 atom stereocenters. The zero-order chi connectivity index (χ0) is 102. The van der Waals surface area contributed by atoms with Crippen LogP contribution in [0.5, 0.6) is 0 Å². The molecule has 0 aromatic heterocycles. The Morgan fingerprint density at radius 1 is 0.362 bits per heavy atom. The predicted octanol–water partition coefficient (Wildman–Crippen LogP) is -8.54. The van der Waals surface area contributed by atoms with E-state index < -0.39 is 317 Å². The zero-order valence-corrected chi connectivity index (χ0v) is 82.4.